The summed E-state index contributed by atoms with van der Waals surface area (Å²) in [4.78, 5) is 35.8. The summed E-state index contributed by atoms with van der Waals surface area (Å²) in [6.45, 7) is 5.36. The number of carbonyl (C=O) groups is 2. The molecular weight excluding hydrogens is 412 g/mol. The van der Waals surface area contributed by atoms with Gasteiger partial charge in [-0.1, -0.05) is 0 Å². The SMILES string of the molecule is CCOC(=O)c1cc2ccc(OC3OC(C)(C)[C@H](OC)[C@@H]4OC(=O)O[C@H]34)cc2oc1=O. The highest BCUT2D eigenvalue weighted by Crippen LogP contribution is 2.38. The monoisotopic (exact) mass is 434 g/mol. The van der Waals surface area contributed by atoms with Crippen LogP contribution in [0, 0.1) is 0 Å². The lowest BCUT2D eigenvalue weighted by atomic mass is 9.89. The number of ether oxygens (including phenoxy) is 6. The molecule has 0 saturated carbocycles. The summed E-state index contributed by atoms with van der Waals surface area (Å²) in [7, 11) is 1.50. The highest BCUT2D eigenvalue weighted by Gasteiger charge is 2.58. The van der Waals surface area contributed by atoms with Gasteiger partial charge >= 0.3 is 17.8 Å². The lowest BCUT2D eigenvalue weighted by Gasteiger charge is -2.45. The number of benzene rings is 1. The summed E-state index contributed by atoms with van der Waals surface area (Å²) < 4.78 is 38.0. The van der Waals surface area contributed by atoms with Crippen molar-refractivity contribution in [3.63, 3.8) is 0 Å². The molecule has 0 bridgehead atoms. The summed E-state index contributed by atoms with van der Waals surface area (Å²) in [5, 5.41) is 0.507. The van der Waals surface area contributed by atoms with Crippen LogP contribution in [0.2, 0.25) is 0 Å². The first kappa shape index (κ1) is 21.1. The molecule has 4 rings (SSSR count). The van der Waals surface area contributed by atoms with Crippen molar-refractivity contribution in [3.05, 3.63) is 40.2 Å². The van der Waals surface area contributed by atoms with Crippen molar-refractivity contribution < 1.29 is 42.4 Å². The van der Waals surface area contributed by atoms with Crippen molar-refractivity contribution in [2.45, 2.75) is 51.0 Å². The van der Waals surface area contributed by atoms with Crippen LogP contribution in [0.4, 0.5) is 4.79 Å². The lowest BCUT2D eigenvalue weighted by Crippen LogP contribution is -2.62. The second-order valence-electron chi connectivity index (χ2n) is 7.65. The van der Waals surface area contributed by atoms with E-state index in [0.717, 1.165) is 0 Å². The Labute approximate surface area is 176 Å². The van der Waals surface area contributed by atoms with Crippen LogP contribution >= 0.6 is 0 Å². The van der Waals surface area contributed by atoms with Gasteiger partial charge < -0.3 is 32.8 Å². The Hall–Kier alpha value is -3.11. The summed E-state index contributed by atoms with van der Waals surface area (Å²) in [5.74, 6) is -0.448. The van der Waals surface area contributed by atoms with E-state index in [-0.39, 0.29) is 17.8 Å². The van der Waals surface area contributed by atoms with E-state index < -0.39 is 48.0 Å². The fourth-order valence-corrected chi connectivity index (χ4v) is 3.82. The van der Waals surface area contributed by atoms with Gasteiger partial charge in [-0.2, -0.15) is 0 Å². The van der Waals surface area contributed by atoms with Gasteiger partial charge in [-0.05, 0) is 39.0 Å². The molecule has 3 heterocycles. The standard InChI is InChI=1S/C21H22O10/c1-5-26-17(22)12-8-10-6-7-11(9-13(10)28-18(12)23)27-19-15-14(29-20(24)30-15)16(25-4)21(2,3)31-19/h6-9,14-16,19H,5H2,1-4H3/t14-,15+,16-,19?/m1/s1. The third-order valence-corrected chi connectivity index (χ3v) is 5.17. The summed E-state index contributed by atoms with van der Waals surface area (Å²) in [6.07, 6.45) is -3.93. The predicted molar refractivity (Wildman–Crippen MR) is 104 cm³/mol. The number of fused-ring (bicyclic) bond motifs is 2. The average Bonchev–Trinajstić information content (AvgIpc) is 3.08. The molecule has 4 atom stereocenters. The van der Waals surface area contributed by atoms with Crippen molar-refractivity contribution >= 4 is 23.1 Å². The average molecular weight is 434 g/mol. The van der Waals surface area contributed by atoms with Gasteiger partial charge in [-0.3, -0.25) is 0 Å². The molecule has 1 aromatic carbocycles. The normalized spacial score (nSPS) is 26.6. The first-order valence-electron chi connectivity index (χ1n) is 9.73. The molecule has 2 saturated heterocycles. The van der Waals surface area contributed by atoms with E-state index in [9.17, 15) is 14.4 Å². The Morgan fingerprint density at radius 3 is 2.58 bits per heavy atom. The van der Waals surface area contributed by atoms with Gasteiger partial charge in [0.25, 0.3) is 0 Å². The van der Waals surface area contributed by atoms with Crippen LogP contribution in [0.25, 0.3) is 11.0 Å². The third-order valence-electron chi connectivity index (χ3n) is 5.17. The van der Waals surface area contributed by atoms with Crippen LogP contribution in [0.5, 0.6) is 5.75 Å². The number of carbonyl (C=O) groups excluding carboxylic acids is 2. The topological polar surface area (TPSA) is 120 Å². The van der Waals surface area contributed by atoms with Crippen molar-refractivity contribution in [3.8, 4) is 5.75 Å². The van der Waals surface area contributed by atoms with Gasteiger partial charge in [0.05, 0.1) is 12.2 Å². The van der Waals surface area contributed by atoms with E-state index in [2.05, 4.69) is 0 Å². The number of hydrogen-bond acceptors (Lipinski definition) is 10. The predicted octanol–water partition coefficient (Wildman–Crippen LogP) is 2.40. The molecule has 166 valence electrons. The maximum absolute atomic E-state index is 12.2. The van der Waals surface area contributed by atoms with Gasteiger partial charge in [0.2, 0.25) is 12.4 Å². The van der Waals surface area contributed by atoms with Crippen LogP contribution < -0.4 is 10.4 Å². The van der Waals surface area contributed by atoms with Crippen molar-refractivity contribution in [2.24, 2.45) is 0 Å². The van der Waals surface area contributed by atoms with Gasteiger partial charge in [0.1, 0.15) is 23.0 Å². The molecule has 2 fully saturated rings. The van der Waals surface area contributed by atoms with Gasteiger partial charge in [0.15, 0.2) is 6.10 Å². The summed E-state index contributed by atoms with van der Waals surface area (Å²) in [6, 6.07) is 6.12. The van der Waals surface area contributed by atoms with E-state index in [1.54, 1.807) is 32.9 Å². The van der Waals surface area contributed by atoms with Gasteiger partial charge in [0, 0.05) is 18.6 Å². The molecule has 2 aliphatic rings. The zero-order valence-corrected chi connectivity index (χ0v) is 17.4. The Morgan fingerprint density at radius 1 is 1.13 bits per heavy atom. The van der Waals surface area contributed by atoms with Crippen LogP contribution in [0.3, 0.4) is 0 Å². The molecule has 1 unspecified atom stereocenters. The Morgan fingerprint density at radius 2 is 1.87 bits per heavy atom. The minimum atomic E-state index is -0.985. The van der Waals surface area contributed by atoms with E-state index in [4.69, 9.17) is 32.8 Å². The molecule has 10 heteroatoms. The smallest absolute Gasteiger partial charge is 0.462 e. The van der Waals surface area contributed by atoms with E-state index in [1.807, 2.05) is 0 Å². The second kappa shape index (κ2) is 7.86. The first-order chi connectivity index (χ1) is 14.7. The molecule has 1 aromatic heterocycles. The van der Waals surface area contributed by atoms with E-state index in [1.165, 1.54) is 19.2 Å². The highest BCUT2D eigenvalue weighted by atomic mass is 16.8. The highest BCUT2D eigenvalue weighted by molar-refractivity contribution is 5.93. The summed E-state index contributed by atoms with van der Waals surface area (Å²) in [5.41, 5.74) is -1.65. The van der Waals surface area contributed by atoms with Crippen LogP contribution in [-0.2, 0) is 23.7 Å². The number of hydrogen-bond donors (Lipinski definition) is 0. The van der Waals surface area contributed by atoms with E-state index >= 15 is 0 Å². The van der Waals surface area contributed by atoms with Crippen molar-refractivity contribution in [2.75, 3.05) is 13.7 Å². The minimum absolute atomic E-state index is 0.140. The van der Waals surface area contributed by atoms with Gasteiger partial charge in [-0.25, -0.2) is 14.4 Å². The Kier molecular flexibility index (Phi) is 5.36. The van der Waals surface area contributed by atoms with E-state index in [0.29, 0.717) is 11.1 Å². The Bertz CT molecular complexity index is 1070. The molecule has 2 aliphatic heterocycles. The molecule has 2 aromatic rings. The van der Waals surface area contributed by atoms with Crippen LogP contribution in [-0.4, -0.2) is 56.0 Å². The Balaban J connectivity index is 1.62. The molecule has 10 nitrogen and oxygen atoms in total. The molecule has 0 amide bonds. The van der Waals surface area contributed by atoms with Crippen LogP contribution in [0.15, 0.2) is 33.5 Å². The molecule has 0 N–H and O–H groups in total. The maximum Gasteiger partial charge on any atom is 0.509 e. The quantitative estimate of drug-likeness (QED) is 0.512. The number of rotatable bonds is 5. The zero-order chi connectivity index (χ0) is 22.3. The van der Waals surface area contributed by atoms with Gasteiger partial charge in [-0.15, -0.1) is 0 Å². The molecular formula is C21H22O10. The lowest BCUT2D eigenvalue weighted by molar-refractivity contribution is -0.282. The fraction of sp³-hybridized carbons (Fsp3) is 0.476. The molecule has 0 radical (unpaired) electrons. The molecule has 0 spiro atoms. The fourth-order valence-electron chi connectivity index (χ4n) is 3.82. The minimum Gasteiger partial charge on any atom is -0.462 e. The third kappa shape index (κ3) is 3.84. The largest absolute Gasteiger partial charge is 0.509 e. The number of esters is 1. The van der Waals surface area contributed by atoms with Crippen molar-refractivity contribution in [1.29, 1.82) is 0 Å². The molecule has 0 aliphatic carbocycles. The summed E-state index contributed by atoms with van der Waals surface area (Å²) >= 11 is 0. The molecule has 31 heavy (non-hydrogen) atoms. The zero-order valence-electron chi connectivity index (χ0n) is 17.4. The van der Waals surface area contributed by atoms with Crippen LogP contribution in [0.1, 0.15) is 31.1 Å². The first-order valence-corrected chi connectivity index (χ1v) is 9.73. The maximum atomic E-state index is 12.2. The second-order valence-corrected chi connectivity index (χ2v) is 7.65. The van der Waals surface area contributed by atoms with Crippen molar-refractivity contribution in [1.82, 2.24) is 0 Å². The number of methoxy groups -OCH3 is 1.